The molecule has 0 bridgehead atoms. The number of urea groups is 1. The van der Waals surface area contributed by atoms with Crippen molar-refractivity contribution in [2.45, 2.75) is 12.5 Å². The van der Waals surface area contributed by atoms with E-state index in [9.17, 15) is 9.59 Å². The van der Waals surface area contributed by atoms with Crippen LogP contribution in [-0.2, 0) is 7.05 Å². The second kappa shape index (κ2) is 11.1. The summed E-state index contributed by atoms with van der Waals surface area (Å²) in [5.74, 6) is 1.48. The summed E-state index contributed by atoms with van der Waals surface area (Å²) in [5, 5.41) is 5.71. The van der Waals surface area contributed by atoms with Crippen molar-refractivity contribution < 1.29 is 14.3 Å². The number of carbonyl (C=O) groups is 2. The molecule has 0 aliphatic carbocycles. The summed E-state index contributed by atoms with van der Waals surface area (Å²) in [5.41, 5.74) is 3.11. The van der Waals surface area contributed by atoms with E-state index in [-0.39, 0.29) is 18.0 Å². The molecule has 5 rings (SSSR count). The Balaban J connectivity index is 1.11. The molecule has 1 unspecified atom stereocenters. The minimum atomic E-state index is -0.323. The van der Waals surface area contributed by atoms with E-state index in [2.05, 4.69) is 15.5 Å². The molecule has 2 heterocycles. The van der Waals surface area contributed by atoms with Crippen LogP contribution in [0.3, 0.4) is 0 Å². The Morgan fingerprint density at radius 1 is 0.842 bits per heavy atom. The molecule has 38 heavy (non-hydrogen) atoms. The normalized spacial score (nSPS) is 14.7. The number of likely N-dealkylation sites (N-methyl/N-ethyl adjacent to an activating group) is 1. The zero-order valence-corrected chi connectivity index (χ0v) is 21.5. The van der Waals surface area contributed by atoms with Gasteiger partial charge in [0.25, 0.3) is 5.91 Å². The first-order valence-corrected chi connectivity index (χ1v) is 12.6. The summed E-state index contributed by atoms with van der Waals surface area (Å²) >= 11 is 0. The third kappa shape index (κ3) is 5.81. The van der Waals surface area contributed by atoms with Crippen LogP contribution in [0.4, 0.5) is 21.9 Å². The first-order valence-electron chi connectivity index (χ1n) is 12.6. The van der Waals surface area contributed by atoms with Gasteiger partial charge in [0, 0.05) is 50.4 Å². The van der Waals surface area contributed by atoms with Crippen LogP contribution >= 0.6 is 0 Å². The van der Waals surface area contributed by atoms with Crippen LogP contribution in [0.1, 0.15) is 16.9 Å². The Morgan fingerprint density at radius 2 is 1.47 bits per heavy atom. The molecule has 1 saturated heterocycles. The van der Waals surface area contributed by atoms with Gasteiger partial charge in [-0.2, -0.15) is 0 Å². The monoisotopic (exact) mass is 509 g/mol. The van der Waals surface area contributed by atoms with E-state index in [0.717, 1.165) is 30.9 Å². The molecule has 0 saturated carbocycles. The highest BCUT2D eigenvalue weighted by Gasteiger charge is 2.29. The smallest absolute Gasteiger partial charge is 0.323 e. The molecule has 1 aromatic heterocycles. The van der Waals surface area contributed by atoms with Gasteiger partial charge < -0.3 is 29.7 Å². The molecule has 1 aliphatic heterocycles. The van der Waals surface area contributed by atoms with Crippen LogP contribution < -0.4 is 20.3 Å². The summed E-state index contributed by atoms with van der Waals surface area (Å²) in [6, 6.07) is 28.1. The minimum absolute atomic E-state index is 0.0354. The minimum Gasteiger partial charge on any atom is -0.457 e. The zero-order chi connectivity index (χ0) is 26.5. The van der Waals surface area contributed by atoms with E-state index in [1.807, 2.05) is 109 Å². The second-order valence-corrected chi connectivity index (χ2v) is 9.37. The van der Waals surface area contributed by atoms with E-state index < -0.39 is 0 Å². The van der Waals surface area contributed by atoms with Crippen LogP contribution in [0.5, 0.6) is 11.5 Å². The van der Waals surface area contributed by atoms with Gasteiger partial charge in [0.05, 0.1) is 6.04 Å². The lowest BCUT2D eigenvalue weighted by molar-refractivity contribution is 0.0735. The number of amides is 3. The number of aromatic nitrogens is 1. The Bertz CT molecular complexity index is 1380. The van der Waals surface area contributed by atoms with Crippen molar-refractivity contribution in [3.63, 3.8) is 0 Å². The predicted molar refractivity (Wildman–Crippen MR) is 150 cm³/mol. The average Bonchev–Trinajstić information content (AvgIpc) is 3.59. The van der Waals surface area contributed by atoms with E-state index in [1.54, 1.807) is 12.1 Å². The van der Waals surface area contributed by atoms with Gasteiger partial charge in [-0.05, 0) is 79.2 Å². The standard InChI is InChI=1S/C30H31N5O3/c1-33-19-6-9-28(33)29(36)34(2)25-18-20-35(21-25)24-14-10-22(11-15-24)31-30(37)32-23-12-16-27(17-13-23)38-26-7-4-3-5-8-26/h3-17,19,25H,18,20-21H2,1-2H3,(H2,31,32,37). The number of aryl methyl sites for hydroxylation is 1. The predicted octanol–water partition coefficient (Wildman–Crippen LogP) is 5.81. The molecule has 194 valence electrons. The molecule has 2 N–H and O–H groups in total. The molecular formula is C30H31N5O3. The van der Waals surface area contributed by atoms with Crippen LogP contribution in [0.15, 0.2) is 97.2 Å². The van der Waals surface area contributed by atoms with Gasteiger partial charge in [-0.1, -0.05) is 18.2 Å². The molecule has 1 fully saturated rings. The first kappa shape index (κ1) is 25.0. The summed E-state index contributed by atoms with van der Waals surface area (Å²) in [6.07, 6.45) is 2.79. The maximum Gasteiger partial charge on any atom is 0.323 e. The lowest BCUT2D eigenvalue weighted by Gasteiger charge is -2.26. The number of anilines is 3. The third-order valence-corrected chi connectivity index (χ3v) is 6.78. The van der Waals surface area contributed by atoms with Crippen LogP contribution in [-0.4, -0.2) is 47.6 Å². The van der Waals surface area contributed by atoms with Crippen molar-refractivity contribution in [3.05, 3.63) is 103 Å². The number of nitrogens with zero attached hydrogens (tertiary/aromatic N) is 3. The number of nitrogens with one attached hydrogen (secondary N) is 2. The van der Waals surface area contributed by atoms with Gasteiger partial charge in [-0.15, -0.1) is 0 Å². The Kier molecular flexibility index (Phi) is 7.31. The van der Waals surface area contributed by atoms with Crippen LogP contribution in [0, 0.1) is 0 Å². The Morgan fingerprint density at radius 3 is 2.11 bits per heavy atom. The highest BCUT2D eigenvalue weighted by molar-refractivity contribution is 5.99. The lowest BCUT2D eigenvalue weighted by atomic mass is 10.2. The molecule has 1 atom stereocenters. The summed E-state index contributed by atoms with van der Waals surface area (Å²) in [7, 11) is 3.76. The molecule has 8 nitrogen and oxygen atoms in total. The second-order valence-electron chi connectivity index (χ2n) is 9.37. The van der Waals surface area contributed by atoms with Gasteiger partial charge >= 0.3 is 6.03 Å². The average molecular weight is 510 g/mol. The van der Waals surface area contributed by atoms with Crippen molar-refractivity contribution in [3.8, 4) is 11.5 Å². The number of benzene rings is 3. The van der Waals surface area contributed by atoms with Crippen molar-refractivity contribution in [2.24, 2.45) is 7.05 Å². The van der Waals surface area contributed by atoms with E-state index in [1.165, 1.54) is 0 Å². The van der Waals surface area contributed by atoms with Crippen LogP contribution in [0.25, 0.3) is 0 Å². The highest BCUT2D eigenvalue weighted by atomic mass is 16.5. The topological polar surface area (TPSA) is 78.8 Å². The molecule has 8 heteroatoms. The van der Waals surface area contributed by atoms with Gasteiger partial charge in [-0.25, -0.2) is 4.79 Å². The molecule has 3 aromatic carbocycles. The lowest BCUT2D eigenvalue weighted by Crippen LogP contribution is -2.39. The summed E-state index contributed by atoms with van der Waals surface area (Å²) in [4.78, 5) is 29.5. The van der Waals surface area contributed by atoms with Crippen LogP contribution in [0.2, 0.25) is 0 Å². The summed E-state index contributed by atoms with van der Waals surface area (Å²) < 4.78 is 7.64. The number of carbonyl (C=O) groups excluding carboxylic acids is 2. The fraction of sp³-hybridized carbons (Fsp3) is 0.200. The maximum atomic E-state index is 12.9. The van der Waals surface area contributed by atoms with Gasteiger partial charge in [-0.3, -0.25) is 4.79 Å². The fourth-order valence-electron chi connectivity index (χ4n) is 4.60. The van der Waals surface area contributed by atoms with Gasteiger partial charge in [0.1, 0.15) is 17.2 Å². The number of hydrogen-bond donors (Lipinski definition) is 2. The largest absolute Gasteiger partial charge is 0.457 e. The van der Waals surface area contributed by atoms with Crippen molar-refractivity contribution in [1.29, 1.82) is 0 Å². The molecule has 4 aromatic rings. The summed E-state index contributed by atoms with van der Waals surface area (Å²) in [6.45, 7) is 1.64. The van der Waals surface area contributed by atoms with E-state index in [4.69, 9.17) is 4.74 Å². The number of ether oxygens (including phenoxy) is 1. The highest BCUT2D eigenvalue weighted by Crippen LogP contribution is 2.26. The molecule has 0 spiro atoms. The van der Waals surface area contributed by atoms with E-state index >= 15 is 0 Å². The van der Waals surface area contributed by atoms with Gasteiger partial charge in [0.2, 0.25) is 0 Å². The fourth-order valence-corrected chi connectivity index (χ4v) is 4.60. The number of rotatable bonds is 7. The third-order valence-electron chi connectivity index (χ3n) is 6.78. The number of hydrogen-bond acceptors (Lipinski definition) is 4. The Hall–Kier alpha value is -4.72. The van der Waals surface area contributed by atoms with E-state index in [0.29, 0.717) is 22.8 Å². The van der Waals surface area contributed by atoms with Crippen molar-refractivity contribution >= 4 is 29.0 Å². The zero-order valence-electron chi connectivity index (χ0n) is 21.5. The maximum absolute atomic E-state index is 12.9. The van der Waals surface area contributed by atoms with Crippen molar-refractivity contribution in [2.75, 3.05) is 35.7 Å². The SMILES string of the molecule is CN(C(=O)c1cccn1C)C1CCN(c2ccc(NC(=O)Nc3ccc(Oc4ccccc4)cc3)cc2)C1. The van der Waals surface area contributed by atoms with Crippen molar-refractivity contribution in [1.82, 2.24) is 9.47 Å². The first-order chi connectivity index (χ1) is 18.5. The molecule has 1 aliphatic rings. The quantitative estimate of drug-likeness (QED) is 0.329. The molecule has 0 radical (unpaired) electrons. The molecular weight excluding hydrogens is 478 g/mol. The molecule has 3 amide bonds. The van der Waals surface area contributed by atoms with Gasteiger partial charge in [0.15, 0.2) is 0 Å². The number of para-hydroxylation sites is 1. The Labute approximate surface area is 222 Å².